The van der Waals surface area contributed by atoms with Crippen LogP contribution in [0.4, 0.5) is 4.79 Å². The SMILES string of the molecule is CCCC(CN=C(NCC)N1CCN(CC(=O)NC(C)C)CC1)NC(=O)OC(C)(C)C.I. The number of halogens is 1. The first-order valence-corrected chi connectivity index (χ1v) is 11.6. The molecule has 0 bridgehead atoms. The number of alkyl carbamates (subject to hydrolysis) is 1. The van der Waals surface area contributed by atoms with Crippen molar-refractivity contribution in [2.75, 3.05) is 45.8 Å². The van der Waals surface area contributed by atoms with Gasteiger partial charge in [0.2, 0.25) is 5.91 Å². The summed E-state index contributed by atoms with van der Waals surface area (Å²) in [6.07, 6.45) is 1.38. The summed E-state index contributed by atoms with van der Waals surface area (Å²) >= 11 is 0. The van der Waals surface area contributed by atoms with E-state index in [-0.39, 0.29) is 42.0 Å². The first kappa shape index (κ1) is 30.7. The standard InChI is InChI=1S/C22H44N6O3.HI/c1-8-10-18(26-21(30)31-22(5,6)7)15-24-20(23-9-2)28-13-11-27(12-14-28)16-19(29)25-17(3)4;/h17-18H,8-16H2,1-7H3,(H,23,24)(H,25,29)(H,26,30);1H. The molecule has 1 atom stereocenters. The molecule has 10 heteroatoms. The van der Waals surface area contributed by atoms with Gasteiger partial charge in [0.1, 0.15) is 5.60 Å². The number of hydrogen-bond acceptors (Lipinski definition) is 5. The quantitative estimate of drug-likeness (QED) is 0.225. The van der Waals surface area contributed by atoms with Gasteiger partial charge in [-0.15, -0.1) is 24.0 Å². The van der Waals surface area contributed by atoms with Gasteiger partial charge in [-0.25, -0.2) is 4.79 Å². The maximum Gasteiger partial charge on any atom is 0.407 e. The van der Waals surface area contributed by atoms with Crippen LogP contribution in [0, 0.1) is 0 Å². The number of nitrogens with one attached hydrogen (secondary N) is 3. The maximum atomic E-state index is 12.2. The van der Waals surface area contributed by atoms with E-state index in [4.69, 9.17) is 9.73 Å². The second-order valence-electron chi connectivity index (χ2n) is 9.31. The molecule has 0 radical (unpaired) electrons. The van der Waals surface area contributed by atoms with E-state index in [1.54, 1.807) is 0 Å². The van der Waals surface area contributed by atoms with Crippen LogP contribution in [0.15, 0.2) is 4.99 Å². The molecule has 32 heavy (non-hydrogen) atoms. The molecule has 0 aromatic carbocycles. The van der Waals surface area contributed by atoms with Crippen molar-refractivity contribution in [2.45, 2.75) is 79.0 Å². The molecule has 0 aliphatic carbocycles. The number of carbonyl (C=O) groups excluding carboxylic acids is 2. The van der Waals surface area contributed by atoms with Crippen molar-refractivity contribution in [1.29, 1.82) is 0 Å². The van der Waals surface area contributed by atoms with Crippen molar-refractivity contribution in [3.05, 3.63) is 0 Å². The number of amides is 2. The zero-order valence-corrected chi connectivity index (χ0v) is 23.3. The van der Waals surface area contributed by atoms with Crippen molar-refractivity contribution < 1.29 is 14.3 Å². The van der Waals surface area contributed by atoms with Gasteiger partial charge < -0.3 is 25.6 Å². The first-order valence-electron chi connectivity index (χ1n) is 11.6. The van der Waals surface area contributed by atoms with Gasteiger partial charge in [-0.3, -0.25) is 14.7 Å². The number of piperazine rings is 1. The van der Waals surface area contributed by atoms with Crippen LogP contribution in [-0.2, 0) is 9.53 Å². The fourth-order valence-corrected chi connectivity index (χ4v) is 3.34. The largest absolute Gasteiger partial charge is 0.444 e. The minimum absolute atomic E-state index is 0. The molecule has 2 amide bonds. The predicted octanol–water partition coefficient (Wildman–Crippen LogP) is 2.41. The van der Waals surface area contributed by atoms with Gasteiger partial charge in [-0.2, -0.15) is 0 Å². The van der Waals surface area contributed by atoms with E-state index in [1.807, 2.05) is 41.5 Å². The van der Waals surface area contributed by atoms with E-state index in [0.29, 0.717) is 13.1 Å². The summed E-state index contributed by atoms with van der Waals surface area (Å²) in [5, 5.41) is 9.25. The summed E-state index contributed by atoms with van der Waals surface area (Å²) in [5.41, 5.74) is -0.523. The molecule has 1 fully saturated rings. The Bertz CT molecular complexity index is 587. The van der Waals surface area contributed by atoms with Gasteiger partial charge >= 0.3 is 6.09 Å². The van der Waals surface area contributed by atoms with Gasteiger partial charge in [0.25, 0.3) is 0 Å². The monoisotopic (exact) mass is 568 g/mol. The zero-order valence-electron chi connectivity index (χ0n) is 21.0. The Morgan fingerprint density at radius 2 is 1.69 bits per heavy atom. The third kappa shape index (κ3) is 13.3. The van der Waals surface area contributed by atoms with E-state index in [1.165, 1.54) is 0 Å². The number of carbonyl (C=O) groups is 2. The number of nitrogens with zero attached hydrogens (tertiary/aromatic N) is 3. The summed E-state index contributed by atoms with van der Waals surface area (Å²) in [6.45, 7) is 18.6. The molecule has 188 valence electrons. The van der Waals surface area contributed by atoms with Gasteiger partial charge in [0, 0.05) is 38.8 Å². The molecule has 3 N–H and O–H groups in total. The van der Waals surface area contributed by atoms with E-state index in [0.717, 1.165) is 51.5 Å². The van der Waals surface area contributed by atoms with Crippen molar-refractivity contribution in [3.63, 3.8) is 0 Å². The van der Waals surface area contributed by atoms with Crippen molar-refractivity contribution in [3.8, 4) is 0 Å². The fraction of sp³-hybridized carbons (Fsp3) is 0.864. The van der Waals surface area contributed by atoms with E-state index in [9.17, 15) is 9.59 Å². The number of hydrogen-bond donors (Lipinski definition) is 3. The Morgan fingerprint density at radius 1 is 1.06 bits per heavy atom. The molecule has 0 aromatic rings. The van der Waals surface area contributed by atoms with Crippen LogP contribution < -0.4 is 16.0 Å². The molecule has 9 nitrogen and oxygen atoms in total. The van der Waals surface area contributed by atoms with Gasteiger partial charge in [-0.1, -0.05) is 13.3 Å². The van der Waals surface area contributed by atoms with E-state index >= 15 is 0 Å². The van der Waals surface area contributed by atoms with Crippen molar-refractivity contribution in [1.82, 2.24) is 25.8 Å². The van der Waals surface area contributed by atoms with Crippen LogP contribution in [0.3, 0.4) is 0 Å². The normalized spacial score (nSPS) is 16.2. The van der Waals surface area contributed by atoms with Crippen LogP contribution in [0.1, 0.15) is 61.3 Å². The molecule has 1 aliphatic heterocycles. The van der Waals surface area contributed by atoms with Gasteiger partial charge in [-0.05, 0) is 48.0 Å². The number of aliphatic imine (C=N–C) groups is 1. The molecule has 1 rings (SSSR count). The van der Waals surface area contributed by atoms with Crippen molar-refractivity contribution >= 4 is 41.9 Å². The van der Waals surface area contributed by atoms with Crippen LogP contribution in [-0.4, -0.2) is 91.3 Å². The Morgan fingerprint density at radius 3 is 2.19 bits per heavy atom. The summed E-state index contributed by atoms with van der Waals surface area (Å²) in [5.74, 6) is 0.917. The zero-order chi connectivity index (χ0) is 23.4. The van der Waals surface area contributed by atoms with E-state index in [2.05, 4.69) is 32.7 Å². The highest BCUT2D eigenvalue weighted by atomic mass is 127. The van der Waals surface area contributed by atoms with Crippen LogP contribution >= 0.6 is 24.0 Å². The molecular weight excluding hydrogens is 523 g/mol. The summed E-state index contributed by atoms with van der Waals surface area (Å²) < 4.78 is 5.39. The molecule has 1 unspecified atom stereocenters. The lowest BCUT2D eigenvalue weighted by Gasteiger charge is -2.36. The summed E-state index contributed by atoms with van der Waals surface area (Å²) in [4.78, 5) is 33.3. The highest BCUT2D eigenvalue weighted by molar-refractivity contribution is 14.0. The predicted molar refractivity (Wildman–Crippen MR) is 141 cm³/mol. The lowest BCUT2D eigenvalue weighted by molar-refractivity contribution is -0.123. The molecule has 1 heterocycles. The van der Waals surface area contributed by atoms with Gasteiger partial charge in [0.15, 0.2) is 5.96 Å². The molecule has 0 aromatic heterocycles. The highest BCUT2D eigenvalue weighted by Gasteiger charge is 2.23. The Balaban J connectivity index is 0.00000961. The first-order chi connectivity index (χ1) is 14.5. The third-order valence-electron chi connectivity index (χ3n) is 4.64. The lowest BCUT2D eigenvalue weighted by atomic mass is 10.1. The fourth-order valence-electron chi connectivity index (χ4n) is 3.34. The highest BCUT2D eigenvalue weighted by Crippen LogP contribution is 2.08. The lowest BCUT2D eigenvalue weighted by Crippen LogP contribution is -2.54. The molecular formula is C22H45IN6O3. The Labute approximate surface area is 211 Å². The molecule has 0 saturated carbocycles. The van der Waals surface area contributed by atoms with Crippen LogP contribution in [0.25, 0.3) is 0 Å². The smallest absolute Gasteiger partial charge is 0.407 e. The second kappa shape index (κ2) is 15.5. The molecule has 1 aliphatic rings. The van der Waals surface area contributed by atoms with Crippen LogP contribution in [0.2, 0.25) is 0 Å². The Kier molecular flexibility index (Phi) is 14.9. The average Bonchev–Trinajstić information content (AvgIpc) is 2.63. The summed E-state index contributed by atoms with van der Waals surface area (Å²) in [6, 6.07) is 0.0844. The average molecular weight is 569 g/mol. The second-order valence-corrected chi connectivity index (χ2v) is 9.31. The molecule has 0 spiro atoms. The number of ether oxygens (including phenoxy) is 1. The van der Waals surface area contributed by atoms with Crippen molar-refractivity contribution in [2.24, 2.45) is 4.99 Å². The topological polar surface area (TPSA) is 98.3 Å². The maximum absolute atomic E-state index is 12.2. The minimum Gasteiger partial charge on any atom is -0.444 e. The number of guanidine groups is 1. The van der Waals surface area contributed by atoms with Crippen LogP contribution in [0.5, 0.6) is 0 Å². The Hall–Kier alpha value is -1.30. The minimum atomic E-state index is -0.523. The third-order valence-corrected chi connectivity index (χ3v) is 4.64. The summed E-state index contributed by atoms with van der Waals surface area (Å²) in [7, 11) is 0. The number of rotatable bonds is 9. The van der Waals surface area contributed by atoms with Gasteiger partial charge in [0.05, 0.1) is 19.1 Å². The molecule has 1 saturated heterocycles. The van der Waals surface area contributed by atoms with E-state index < -0.39 is 11.7 Å².